The molecule has 1 aliphatic heterocycles. The van der Waals surface area contributed by atoms with E-state index in [0.717, 1.165) is 31.6 Å². The Morgan fingerprint density at radius 1 is 1.24 bits per heavy atom. The van der Waals surface area contributed by atoms with Crippen LogP contribution < -0.4 is 16.0 Å². The molecule has 1 unspecified atom stereocenters. The average Bonchev–Trinajstić information content (AvgIpc) is 2.91. The van der Waals surface area contributed by atoms with Gasteiger partial charge >= 0.3 is 6.18 Å². The molecule has 4 nitrogen and oxygen atoms in total. The van der Waals surface area contributed by atoms with Crippen LogP contribution >= 0.6 is 0 Å². The molecule has 116 valence electrons. The topological polar surface area (TPSA) is 58.4 Å². The summed E-state index contributed by atoms with van der Waals surface area (Å²) < 4.78 is 38.4. The molecular formula is C14H18F3N3O. The summed E-state index contributed by atoms with van der Waals surface area (Å²) in [6.45, 7) is 2.32. The van der Waals surface area contributed by atoms with E-state index in [1.54, 1.807) is 24.3 Å². The summed E-state index contributed by atoms with van der Waals surface area (Å²) in [4.78, 5) is 13.9. The molecule has 1 aromatic carbocycles. The fourth-order valence-corrected chi connectivity index (χ4v) is 2.19. The molecule has 1 atom stereocenters. The Kier molecular flexibility index (Phi) is 4.13. The SMILES string of the molecule is CC(N)(C(=O)Nc1ccccc1N1CCCC1)C(F)(F)F. The van der Waals surface area contributed by atoms with Crippen LogP contribution in [0.15, 0.2) is 24.3 Å². The number of hydrogen-bond acceptors (Lipinski definition) is 3. The van der Waals surface area contributed by atoms with Crippen LogP contribution in [0.5, 0.6) is 0 Å². The minimum absolute atomic E-state index is 0.352. The van der Waals surface area contributed by atoms with Gasteiger partial charge in [-0.05, 0) is 31.9 Å². The van der Waals surface area contributed by atoms with Gasteiger partial charge in [0.2, 0.25) is 0 Å². The van der Waals surface area contributed by atoms with Gasteiger partial charge in [-0.1, -0.05) is 12.1 Å². The lowest BCUT2D eigenvalue weighted by Gasteiger charge is -2.28. The number of carbonyl (C=O) groups is 1. The van der Waals surface area contributed by atoms with E-state index in [9.17, 15) is 18.0 Å². The molecule has 2 rings (SSSR count). The standard InChI is InChI=1S/C14H18F3N3O/c1-13(18,14(15,16)17)12(21)19-10-6-2-3-7-11(10)20-8-4-5-9-20/h2-3,6-7H,4-5,8-9,18H2,1H3,(H,19,21). The molecule has 0 aromatic heterocycles. The van der Waals surface area contributed by atoms with Gasteiger partial charge < -0.3 is 16.0 Å². The number of benzene rings is 1. The lowest BCUT2D eigenvalue weighted by Crippen LogP contribution is -2.59. The first kappa shape index (κ1) is 15.6. The highest BCUT2D eigenvalue weighted by Crippen LogP contribution is 2.32. The summed E-state index contributed by atoms with van der Waals surface area (Å²) in [6.07, 6.45) is -2.75. The van der Waals surface area contributed by atoms with Gasteiger partial charge in [-0.3, -0.25) is 4.79 Å². The number of nitrogens with zero attached hydrogens (tertiary/aromatic N) is 1. The summed E-state index contributed by atoms with van der Waals surface area (Å²) in [5, 5.41) is 2.31. The van der Waals surface area contributed by atoms with Crippen molar-refractivity contribution in [2.75, 3.05) is 23.3 Å². The van der Waals surface area contributed by atoms with Crippen molar-refractivity contribution in [1.82, 2.24) is 0 Å². The maximum atomic E-state index is 12.8. The van der Waals surface area contributed by atoms with Gasteiger partial charge in [0, 0.05) is 13.1 Å². The summed E-state index contributed by atoms with van der Waals surface area (Å²) in [7, 11) is 0. The van der Waals surface area contributed by atoms with Crippen LogP contribution in [0.2, 0.25) is 0 Å². The second kappa shape index (κ2) is 5.55. The van der Waals surface area contributed by atoms with Crippen molar-refractivity contribution in [3.05, 3.63) is 24.3 Å². The normalized spacial score (nSPS) is 18.4. The first-order valence-corrected chi connectivity index (χ1v) is 6.74. The lowest BCUT2D eigenvalue weighted by atomic mass is 10.0. The molecule has 1 aliphatic rings. The Morgan fingerprint density at radius 3 is 2.38 bits per heavy atom. The Balaban J connectivity index is 2.22. The summed E-state index contributed by atoms with van der Waals surface area (Å²) >= 11 is 0. The highest BCUT2D eigenvalue weighted by molar-refractivity contribution is 6.00. The van der Waals surface area contributed by atoms with Crippen LogP contribution in [0.25, 0.3) is 0 Å². The highest BCUT2D eigenvalue weighted by atomic mass is 19.4. The van der Waals surface area contributed by atoms with Gasteiger partial charge in [0.05, 0.1) is 11.4 Å². The van der Waals surface area contributed by atoms with Crippen LogP contribution in [0.4, 0.5) is 24.5 Å². The van der Waals surface area contributed by atoms with Crippen LogP contribution in [0, 0.1) is 0 Å². The first-order chi connectivity index (χ1) is 9.73. The Morgan fingerprint density at radius 2 is 1.81 bits per heavy atom. The van der Waals surface area contributed by atoms with Crippen molar-refractivity contribution in [3.63, 3.8) is 0 Å². The van der Waals surface area contributed by atoms with E-state index in [4.69, 9.17) is 5.73 Å². The summed E-state index contributed by atoms with van der Waals surface area (Å²) in [5.41, 5.74) is 3.29. The van der Waals surface area contributed by atoms with Crippen molar-refractivity contribution >= 4 is 17.3 Å². The monoisotopic (exact) mass is 301 g/mol. The molecule has 0 radical (unpaired) electrons. The van der Waals surface area contributed by atoms with E-state index in [0.29, 0.717) is 12.6 Å². The molecule has 7 heteroatoms. The zero-order valence-electron chi connectivity index (χ0n) is 11.7. The third-order valence-electron chi connectivity index (χ3n) is 3.66. The number of alkyl halides is 3. The molecule has 0 aliphatic carbocycles. The van der Waals surface area contributed by atoms with E-state index in [2.05, 4.69) is 5.32 Å². The predicted octanol–water partition coefficient (Wildman–Crippen LogP) is 2.51. The molecule has 0 saturated carbocycles. The van der Waals surface area contributed by atoms with E-state index in [1.165, 1.54) is 0 Å². The Hall–Kier alpha value is -1.76. The number of carbonyl (C=O) groups excluding carboxylic acids is 1. The minimum atomic E-state index is -4.81. The number of anilines is 2. The predicted molar refractivity (Wildman–Crippen MR) is 75.2 cm³/mol. The number of hydrogen-bond donors (Lipinski definition) is 2. The van der Waals surface area contributed by atoms with Gasteiger partial charge in [-0.25, -0.2) is 0 Å². The Labute approximate surface area is 121 Å². The van der Waals surface area contributed by atoms with Gasteiger partial charge in [-0.2, -0.15) is 13.2 Å². The van der Waals surface area contributed by atoms with Crippen LogP contribution in [0.3, 0.4) is 0 Å². The fraction of sp³-hybridized carbons (Fsp3) is 0.500. The second-order valence-electron chi connectivity index (χ2n) is 5.37. The third-order valence-corrected chi connectivity index (χ3v) is 3.66. The summed E-state index contributed by atoms with van der Waals surface area (Å²) in [6, 6.07) is 6.81. The molecule has 1 saturated heterocycles. The average molecular weight is 301 g/mol. The Bertz CT molecular complexity index is 522. The van der Waals surface area contributed by atoms with Crippen LogP contribution in [0.1, 0.15) is 19.8 Å². The van der Waals surface area contributed by atoms with E-state index < -0.39 is 17.6 Å². The van der Waals surface area contributed by atoms with Crippen molar-refractivity contribution in [1.29, 1.82) is 0 Å². The number of para-hydroxylation sites is 2. The maximum Gasteiger partial charge on any atom is 0.415 e. The van der Waals surface area contributed by atoms with Crippen molar-refractivity contribution < 1.29 is 18.0 Å². The summed E-state index contributed by atoms with van der Waals surface area (Å²) in [5.74, 6) is -1.26. The molecule has 1 amide bonds. The van der Waals surface area contributed by atoms with Crippen LogP contribution in [-0.2, 0) is 4.79 Å². The molecule has 21 heavy (non-hydrogen) atoms. The van der Waals surface area contributed by atoms with E-state index >= 15 is 0 Å². The molecule has 1 aromatic rings. The quantitative estimate of drug-likeness (QED) is 0.902. The van der Waals surface area contributed by atoms with Gasteiger partial charge in [-0.15, -0.1) is 0 Å². The first-order valence-electron chi connectivity index (χ1n) is 6.74. The van der Waals surface area contributed by atoms with Gasteiger partial charge in [0.25, 0.3) is 5.91 Å². The number of halogens is 3. The van der Waals surface area contributed by atoms with Gasteiger partial charge in [0.1, 0.15) is 0 Å². The third kappa shape index (κ3) is 3.12. The molecule has 0 bridgehead atoms. The minimum Gasteiger partial charge on any atom is -0.370 e. The lowest BCUT2D eigenvalue weighted by molar-refractivity contribution is -0.184. The molecule has 1 fully saturated rings. The number of amides is 1. The number of nitrogens with two attached hydrogens (primary N) is 1. The zero-order valence-corrected chi connectivity index (χ0v) is 11.7. The highest BCUT2D eigenvalue weighted by Gasteiger charge is 2.54. The van der Waals surface area contributed by atoms with Crippen molar-refractivity contribution in [2.24, 2.45) is 5.73 Å². The smallest absolute Gasteiger partial charge is 0.370 e. The number of nitrogens with one attached hydrogen (secondary N) is 1. The second-order valence-corrected chi connectivity index (χ2v) is 5.37. The van der Waals surface area contributed by atoms with Crippen molar-refractivity contribution in [2.45, 2.75) is 31.5 Å². The fourth-order valence-electron chi connectivity index (χ4n) is 2.19. The number of rotatable bonds is 3. The van der Waals surface area contributed by atoms with Crippen molar-refractivity contribution in [3.8, 4) is 0 Å². The molecule has 3 N–H and O–H groups in total. The largest absolute Gasteiger partial charge is 0.415 e. The van der Waals surface area contributed by atoms with Crippen LogP contribution in [-0.4, -0.2) is 30.7 Å². The van der Waals surface area contributed by atoms with E-state index in [1.807, 2.05) is 4.90 Å². The zero-order chi connectivity index (χ0) is 15.7. The molecule has 0 spiro atoms. The molecular weight excluding hydrogens is 283 g/mol. The van der Waals surface area contributed by atoms with E-state index in [-0.39, 0.29) is 0 Å². The van der Waals surface area contributed by atoms with Gasteiger partial charge in [0.15, 0.2) is 5.54 Å². The molecule has 1 heterocycles. The maximum absolute atomic E-state index is 12.8.